The minimum Gasteiger partial charge on any atom is -0.298 e. The summed E-state index contributed by atoms with van der Waals surface area (Å²) in [4.78, 5) is 0. The standard InChI is InChI=1S/C46H38N2S/c1-29-11-19-33(20-12-29)37-7-5-9-39(43(37)35-23-15-31(3)16-24-35)41-27-28-42(46(48-49)45(41)47)40-10-6-8-38(34-21-13-30(2)14-22-34)44(40)36-25-17-32(4)18-26-36/h5-28,47,49H,1-4H3. The molecule has 0 saturated heterocycles. The van der Waals surface area contributed by atoms with Crippen LogP contribution in [0, 0.1) is 33.1 Å². The van der Waals surface area contributed by atoms with Crippen molar-refractivity contribution in [2.75, 3.05) is 0 Å². The van der Waals surface area contributed by atoms with Crippen LogP contribution in [0.1, 0.15) is 33.4 Å². The zero-order valence-corrected chi connectivity index (χ0v) is 29.1. The lowest BCUT2D eigenvalue weighted by molar-refractivity contribution is 1.45. The Kier molecular flexibility index (Phi) is 8.86. The molecule has 49 heavy (non-hydrogen) atoms. The summed E-state index contributed by atoms with van der Waals surface area (Å²) in [5, 5.41) is 9.67. The summed E-state index contributed by atoms with van der Waals surface area (Å²) in [5.41, 5.74) is 18.4. The van der Waals surface area contributed by atoms with Gasteiger partial charge in [0.2, 0.25) is 0 Å². The van der Waals surface area contributed by atoms with Crippen molar-refractivity contribution in [3.05, 3.63) is 179 Å². The van der Waals surface area contributed by atoms with Crippen LogP contribution in [0.4, 0.5) is 0 Å². The van der Waals surface area contributed by atoms with Gasteiger partial charge in [-0.2, -0.15) is 0 Å². The molecular weight excluding hydrogens is 613 g/mol. The Balaban J connectivity index is 1.45. The van der Waals surface area contributed by atoms with Gasteiger partial charge < -0.3 is 0 Å². The van der Waals surface area contributed by atoms with E-state index >= 15 is 0 Å². The van der Waals surface area contributed by atoms with Crippen molar-refractivity contribution in [2.24, 2.45) is 4.40 Å². The number of allylic oxidation sites excluding steroid dienone is 4. The second kappa shape index (κ2) is 13.5. The second-order valence-electron chi connectivity index (χ2n) is 12.9. The molecule has 0 atom stereocenters. The van der Waals surface area contributed by atoms with E-state index in [-0.39, 0.29) is 0 Å². The van der Waals surface area contributed by atoms with Crippen molar-refractivity contribution >= 4 is 35.4 Å². The number of benzene rings is 6. The third-order valence-electron chi connectivity index (χ3n) is 9.39. The quantitative estimate of drug-likeness (QED) is 0.133. The molecule has 7 rings (SSSR count). The van der Waals surface area contributed by atoms with Crippen LogP contribution in [0.25, 0.3) is 55.7 Å². The van der Waals surface area contributed by atoms with Crippen molar-refractivity contribution in [3.8, 4) is 44.5 Å². The molecule has 0 spiro atoms. The van der Waals surface area contributed by atoms with Gasteiger partial charge in [-0.05, 0) is 96.1 Å². The normalized spacial score (nSPS) is 13.7. The molecule has 0 fully saturated rings. The highest BCUT2D eigenvalue weighted by atomic mass is 32.1. The number of thiol groups is 1. The van der Waals surface area contributed by atoms with Gasteiger partial charge in [-0.1, -0.05) is 168 Å². The van der Waals surface area contributed by atoms with E-state index < -0.39 is 0 Å². The lowest BCUT2D eigenvalue weighted by Crippen LogP contribution is -2.20. The van der Waals surface area contributed by atoms with Crippen LogP contribution < -0.4 is 0 Å². The number of nitrogens with zero attached hydrogens (tertiary/aromatic N) is 1. The van der Waals surface area contributed by atoms with E-state index in [0.717, 1.165) is 66.8 Å². The van der Waals surface area contributed by atoms with Crippen molar-refractivity contribution in [1.29, 1.82) is 5.41 Å². The summed E-state index contributed by atoms with van der Waals surface area (Å²) in [7, 11) is 0. The van der Waals surface area contributed by atoms with Crippen LogP contribution in [-0.4, -0.2) is 11.4 Å². The number of nitrogens with one attached hydrogen (secondary N) is 1. The summed E-state index contributed by atoms with van der Waals surface area (Å²) in [6, 6.07) is 47.5. The summed E-state index contributed by atoms with van der Waals surface area (Å²) >= 11 is 4.50. The Morgan fingerprint density at radius 1 is 0.408 bits per heavy atom. The number of aryl methyl sites for hydroxylation is 4. The minimum absolute atomic E-state index is 0.345. The van der Waals surface area contributed by atoms with E-state index in [0.29, 0.717) is 11.4 Å². The van der Waals surface area contributed by atoms with E-state index in [9.17, 15) is 5.41 Å². The molecule has 1 N–H and O–H groups in total. The van der Waals surface area contributed by atoms with E-state index in [1.165, 1.54) is 22.3 Å². The van der Waals surface area contributed by atoms with Crippen LogP contribution in [0.5, 0.6) is 0 Å². The minimum atomic E-state index is 0.345. The number of hydrogen-bond acceptors (Lipinski definition) is 3. The average Bonchev–Trinajstić information content (AvgIpc) is 3.12. The molecule has 1 aliphatic carbocycles. The molecule has 6 aromatic carbocycles. The summed E-state index contributed by atoms with van der Waals surface area (Å²) < 4.78 is 4.51. The first-order valence-electron chi connectivity index (χ1n) is 16.6. The molecule has 0 amide bonds. The first-order valence-corrected chi connectivity index (χ1v) is 17.0. The first kappa shape index (κ1) is 32.1. The van der Waals surface area contributed by atoms with Gasteiger partial charge in [0, 0.05) is 11.1 Å². The highest BCUT2D eigenvalue weighted by Crippen LogP contribution is 2.43. The van der Waals surface area contributed by atoms with Crippen molar-refractivity contribution in [1.82, 2.24) is 0 Å². The zero-order valence-electron chi connectivity index (χ0n) is 28.3. The number of rotatable bonds is 6. The average molecular weight is 651 g/mol. The summed E-state index contributed by atoms with van der Waals surface area (Å²) in [5.74, 6) is 0. The molecule has 0 bridgehead atoms. The van der Waals surface area contributed by atoms with Crippen molar-refractivity contribution < 1.29 is 0 Å². The first-order chi connectivity index (χ1) is 23.8. The van der Waals surface area contributed by atoms with Gasteiger partial charge in [0.15, 0.2) is 0 Å². The van der Waals surface area contributed by atoms with E-state index in [4.69, 9.17) is 0 Å². The maximum atomic E-state index is 9.67. The summed E-state index contributed by atoms with van der Waals surface area (Å²) in [6.45, 7) is 8.44. The maximum absolute atomic E-state index is 9.67. The van der Waals surface area contributed by atoms with E-state index in [1.54, 1.807) is 0 Å². The molecule has 1 aliphatic rings. The second-order valence-corrected chi connectivity index (χ2v) is 13.1. The van der Waals surface area contributed by atoms with Gasteiger partial charge in [0.05, 0.1) is 5.71 Å². The molecule has 0 saturated carbocycles. The van der Waals surface area contributed by atoms with Crippen LogP contribution in [-0.2, 0) is 0 Å². The van der Waals surface area contributed by atoms with Crippen LogP contribution in [0.15, 0.2) is 150 Å². The summed E-state index contributed by atoms with van der Waals surface area (Å²) in [6.07, 6.45) is 4.20. The highest BCUT2D eigenvalue weighted by molar-refractivity contribution is 7.79. The fourth-order valence-corrected chi connectivity index (χ4v) is 6.91. The molecule has 0 aromatic heterocycles. The van der Waals surface area contributed by atoms with Gasteiger partial charge in [-0.15, -0.1) is 0 Å². The Bertz CT molecular complexity index is 2290. The molecule has 3 heteroatoms. The van der Waals surface area contributed by atoms with Crippen LogP contribution >= 0.6 is 12.8 Å². The molecule has 238 valence electrons. The van der Waals surface area contributed by atoms with Gasteiger partial charge in [0.1, 0.15) is 5.71 Å². The predicted octanol–water partition coefficient (Wildman–Crippen LogP) is 12.4. The van der Waals surface area contributed by atoms with Crippen LogP contribution in [0.2, 0.25) is 0 Å². The van der Waals surface area contributed by atoms with E-state index in [1.807, 2.05) is 0 Å². The molecule has 2 nitrogen and oxygen atoms in total. The lowest BCUT2D eigenvalue weighted by atomic mass is 9.79. The molecule has 0 aliphatic heterocycles. The van der Waals surface area contributed by atoms with E-state index in [2.05, 4.69) is 191 Å². The third kappa shape index (κ3) is 6.26. The lowest BCUT2D eigenvalue weighted by Gasteiger charge is -2.24. The fourth-order valence-electron chi connectivity index (χ4n) is 6.70. The Morgan fingerprint density at radius 2 is 0.735 bits per heavy atom. The van der Waals surface area contributed by atoms with Gasteiger partial charge >= 0.3 is 0 Å². The topological polar surface area (TPSA) is 36.2 Å². The molecular formula is C46H38N2S. The van der Waals surface area contributed by atoms with Gasteiger partial charge in [0.25, 0.3) is 0 Å². The Morgan fingerprint density at radius 3 is 1.12 bits per heavy atom. The SMILES string of the molecule is Cc1ccc(-c2cccc(C3=CC=C(c4cccc(-c5ccc(C)cc5)c4-c4ccc(C)cc4)C(=NS)C3=N)c2-c2ccc(C)cc2)cc1. The van der Waals surface area contributed by atoms with Gasteiger partial charge in [-0.3, -0.25) is 5.41 Å². The monoisotopic (exact) mass is 650 g/mol. The fraction of sp³-hybridized carbons (Fsp3) is 0.0870. The highest BCUT2D eigenvalue weighted by Gasteiger charge is 2.28. The molecule has 6 aromatic rings. The van der Waals surface area contributed by atoms with Gasteiger partial charge in [-0.25, -0.2) is 4.40 Å². The van der Waals surface area contributed by atoms with Crippen LogP contribution in [0.3, 0.4) is 0 Å². The molecule has 0 heterocycles. The predicted molar refractivity (Wildman–Crippen MR) is 214 cm³/mol. The van der Waals surface area contributed by atoms with Crippen molar-refractivity contribution in [3.63, 3.8) is 0 Å². The maximum Gasteiger partial charge on any atom is 0.104 e. The smallest absolute Gasteiger partial charge is 0.104 e. The Hall–Kier alpha value is -5.51. The molecule has 0 unspecified atom stereocenters. The Labute approximate surface area is 295 Å². The zero-order chi connectivity index (χ0) is 34.1. The third-order valence-corrected chi connectivity index (χ3v) is 9.59. The molecule has 0 radical (unpaired) electrons. The largest absolute Gasteiger partial charge is 0.298 e. The number of hydrogen-bond donors (Lipinski definition) is 2. The van der Waals surface area contributed by atoms with Crippen molar-refractivity contribution in [2.45, 2.75) is 27.7 Å².